The van der Waals surface area contributed by atoms with Crippen LogP contribution < -0.4 is 5.73 Å². The lowest BCUT2D eigenvalue weighted by Gasteiger charge is -1.80. The van der Waals surface area contributed by atoms with Crippen molar-refractivity contribution in [2.24, 2.45) is 5.73 Å². The average Bonchev–Trinajstić information content (AvgIpc) is 2.51. The van der Waals surface area contributed by atoms with Crippen LogP contribution in [-0.4, -0.2) is 30.5 Å². The predicted octanol–water partition coefficient (Wildman–Crippen LogP) is 1.15. The molecular formula is C12H21NO2. The molecule has 0 aliphatic heterocycles. The molecule has 0 spiro atoms. The summed E-state index contributed by atoms with van der Waals surface area (Å²) in [6, 6.07) is 0. The molecule has 0 unspecified atom stereocenters. The molecule has 0 amide bonds. The van der Waals surface area contributed by atoms with E-state index in [9.17, 15) is 0 Å². The van der Waals surface area contributed by atoms with E-state index >= 15 is 0 Å². The maximum Gasteiger partial charge on any atom is 0.0443 e. The number of allylic oxidation sites excluding steroid dienone is 5. The molecule has 4 N–H and O–H groups in total. The normalized spacial score (nSPS) is 11.7. The second kappa shape index (κ2) is 15.4. The van der Waals surface area contributed by atoms with Crippen molar-refractivity contribution in [3.63, 3.8) is 0 Å². The largest absolute Gasteiger partial charge is 0.400 e. The van der Waals surface area contributed by atoms with E-state index in [2.05, 4.69) is 18.7 Å². The average molecular weight is 211 g/mol. The summed E-state index contributed by atoms with van der Waals surface area (Å²) in [6.45, 7) is 2.86. The van der Waals surface area contributed by atoms with Crippen molar-refractivity contribution in [1.29, 1.82) is 0 Å². The van der Waals surface area contributed by atoms with Gasteiger partial charge in [-0.1, -0.05) is 18.2 Å². The topological polar surface area (TPSA) is 66.5 Å². The number of nitrogens with two attached hydrogens (primary N) is 1. The molecule has 0 atom stereocenters. The smallest absolute Gasteiger partial charge is 0.0443 e. The molecule has 86 valence electrons. The maximum absolute atomic E-state index is 7.99. The van der Waals surface area contributed by atoms with Crippen LogP contribution in [0.3, 0.4) is 0 Å². The van der Waals surface area contributed by atoms with E-state index in [1.54, 1.807) is 0 Å². The van der Waals surface area contributed by atoms with Crippen LogP contribution in [0.4, 0.5) is 0 Å². The molecule has 1 aliphatic carbocycles. The Labute approximate surface area is 91.9 Å². The van der Waals surface area contributed by atoms with Gasteiger partial charge in [-0.05, 0) is 37.6 Å². The van der Waals surface area contributed by atoms with Gasteiger partial charge in [0.25, 0.3) is 0 Å². The molecule has 1 rings (SSSR count). The van der Waals surface area contributed by atoms with Crippen LogP contribution in [0.2, 0.25) is 0 Å². The summed E-state index contributed by atoms with van der Waals surface area (Å²) in [5.41, 5.74) is 9.22. The van der Waals surface area contributed by atoms with Crippen molar-refractivity contribution in [2.75, 3.05) is 20.3 Å². The summed E-state index contributed by atoms with van der Waals surface area (Å²) in [5, 5.41) is 15.0. The minimum absolute atomic E-state index is 0.219. The Balaban J connectivity index is 0. The first-order valence-corrected chi connectivity index (χ1v) is 4.83. The standard InChI is InChI=1S/C8H8.C3H9NO.CH4O/c1-8-6-4-2-3-5-7-8;4-2-1-3-5;1-2/h2-4,6-7H,1H3;5H,1-4H2;2H,1H3. The molecule has 0 bridgehead atoms. The third-order valence-corrected chi connectivity index (χ3v) is 1.34. The number of hydrogen-bond donors (Lipinski definition) is 3. The van der Waals surface area contributed by atoms with Gasteiger partial charge in [-0.25, -0.2) is 0 Å². The van der Waals surface area contributed by atoms with Crippen LogP contribution in [0, 0.1) is 0 Å². The van der Waals surface area contributed by atoms with Gasteiger partial charge in [0.1, 0.15) is 0 Å². The van der Waals surface area contributed by atoms with E-state index in [0.29, 0.717) is 6.54 Å². The first-order chi connectivity index (χ1) is 7.31. The van der Waals surface area contributed by atoms with E-state index < -0.39 is 0 Å². The molecule has 0 saturated carbocycles. The SMILES string of the molecule is CC1=CC=CC=C=C1.CO.NCCCO. The van der Waals surface area contributed by atoms with E-state index in [-0.39, 0.29) is 6.61 Å². The molecular weight excluding hydrogens is 190 g/mol. The highest BCUT2D eigenvalue weighted by molar-refractivity contribution is 5.26. The molecule has 15 heavy (non-hydrogen) atoms. The van der Waals surface area contributed by atoms with E-state index in [0.717, 1.165) is 13.5 Å². The highest BCUT2D eigenvalue weighted by Crippen LogP contribution is 1.96. The number of rotatable bonds is 2. The Morgan fingerprint density at radius 3 is 2.47 bits per heavy atom. The van der Waals surface area contributed by atoms with Crippen molar-refractivity contribution in [3.8, 4) is 0 Å². The first-order valence-electron chi connectivity index (χ1n) is 4.83. The highest BCUT2D eigenvalue weighted by atomic mass is 16.3. The summed E-state index contributed by atoms with van der Waals surface area (Å²) in [4.78, 5) is 0. The maximum atomic E-state index is 7.99. The fraction of sp³-hybridized carbons (Fsp3) is 0.417. The van der Waals surface area contributed by atoms with Gasteiger partial charge in [-0.15, -0.1) is 5.73 Å². The lowest BCUT2D eigenvalue weighted by atomic mass is 10.3. The third kappa shape index (κ3) is 15.6. The second-order valence-corrected chi connectivity index (χ2v) is 2.64. The monoisotopic (exact) mass is 211 g/mol. The quantitative estimate of drug-likeness (QED) is 0.600. The summed E-state index contributed by atoms with van der Waals surface area (Å²) >= 11 is 0. The van der Waals surface area contributed by atoms with Crippen molar-refractivity contribution in [1.82, 2.24) is 0 Å². The summed E-state index contributed by atoms with van der Waals surface area (Å²) < 4.78 is 0. The van der Waals surface area contributed by atoms with E-state index in [4.69, 9.17) is 15.9 Å². The first kappa shape index (κ1) is 16.3. The molecule has 0 aromatic rings. The Kier molecular flexibility index (Phi) is 16.7. The zero-order valence-corrected chi connectivity index (χ0v) is 9.48. The van der Waals surface area contributed by atoms with E-state index in [1.807, 2.05) is 24.3 Å². The van der Waals surface area contributed by atoms with Gasteiger partial charge < -0.3 is 15.9 Å². The Morgan fingerprint density at radius 1 is 1.33 bits per heavy atom. The highest BCUT2D eigenvalue weighted by Gasteiger charge is 1.76. The number of aliphatic hydroxyl groups excluding tert-OH is 2. The molecule has 0 saturated heterocycles. The van der Waals surface area contributed by atoms with Crippen LogP contribution in [-0.2, 0) is 0 Å². The van der Waals surface area contributed by atoms with Gasteiger partial charge in [0, 0.05) is 13.7 Å². The van der Waals surface area contributed by atoms with Crippen LogP contribution in [0.5, 0.6) is 0 Å². The summed E-state index contributed by atoms with van der Waals surface area (Å²) in [5.74, 6) is 0. The molecule has 0 heterocycles. The van der Waals surface area contributed by atoms with Crippen molar-refractivity contribution < 1.29 is 10.2 Å². The van der Waals surface area contributed by atoms with Crippen LogP contribution >= 0.6 is 0 Å². The van der Waals surface area contributed by atoms with E-state index in [1.165, 1.54) is 5.57 Å². The number of hydrogen-bond acceptors (Lipinski definition) is 3. The Hall–Kier alpha value is -1.12. The zero-order valence-electron chi connectivity index (χ0n) is 9.48. The molecule has 3 nitrogen and oxygen atoms in total. The molecule has 0 fully saturated rings. The Morgan fingerprint density at radius 2 is 2.00 bits per heavy atom. The lowest BCUT2D eigenvalue weighted by Crippen LogP contribution is -1.99. The van der Waals surface area contributed by atoms with Gasteiger partial charge in [-0.3, -0.25) is 0 Å². The summed E-state index contributed by atoms with van der Waals surface area (Å²) in [6.07, 6.45) is 10.6. The van der Waals surface area contributed by atoms with Gasteiger partial charge in [0.2, 0.25) is 0 Å². The van der Waals surface area contributed by atoms with Gasteiger partial charge >= 0.3 is 0 Å². The molecule has 0 radical (unpaired) electrons. The van der Waals surface area contributed by atoms with Crippen molar-refractivity contribution >= 4 is 0 Å². The van der Waals surface area contributed by atoms with Crippen LogP contribution in [0.25, 0.3) is 0 Å². The zero-order chi connectivity index (χ0) is 11.9. The van der Waals surface area contributed by atoms with Crippen LogP contribution in [0.1, 0.15) is 13.3 Å². The van der Waals surface area contributed by atoms with Gasteiger partial charge in [0.15, 0.2) is 0 Å². The van der Waals surface area contributed by atoms with Crippen molar-refractivity contribution in [2.45, 2.75) is 13.3 Å². The fourth-order valence-electron chi connectivity index (χ4n) is 0.637. The molecule has 1 aliphatic rings. The van der Waals surface area contributed by atoms with Gasteiger partial charge in [0.05, 0.1) is 0 Å². The number of aliphatic hydroxyl groups is 2. The summed E-state index contributed by atoms with van der Waals surface area (Å²) in [7, 11) is 1.00. The predicted molar refractivity (Wildman–Crippen MR) is 64.5 cm³/mol. The third-order valence-electron chi connectivity index (χ3n) is 1.34. The fourth-order valence-corrected chi connectivity index (χ4v) is 0.637. The molecule has 0 aromatic carbocycles. The minimum Gasteiger partial charge on any atom is -0.400 e. The molecule has 3 heteroatoms. The van der Waals surface area contributed by atoms with Gasteiger partial charge in [-0.2, -0.15) is 0 Å². The van der Waals surface area contributed by atoms with Crippen molar-refractivity contribution in [3.05, 3.63) is 41.7 Å². The van der Waals surface area contributed by atoms with Crippen LogP contribution in [0.15, 0.2) is 41.7 Å². The molecule has 0 aromatic heterocycles. The lowest BCUT2D eigenvalue weighted by molar-refractivity contribution is 0.291. The minimum atomic E-state index is 0.219. The second-order valence-electron chi connectivity index (χ2n) is 2.64. The Bertz CT molecular complexity index is 234.